The summed E-state index contributed by atoms with van der Waals surface area (Å²) in [7, 11) is -0.921. The van der Waals surface area contributed by atoms with E-state index in [4.69, 9.17) is 32.7 Å². The van der Waals surface area contributed by atoms with Crippen molar-refractivity contribution in [1.29, 1.82) is 0 Å². The zero-order chi connectivity index (χ0) is 22.2. The van der Waals surface area contributed by atoms with Gasteiger partial charge in [-0.2, -0.15) is 0 Å². The first-order valence-corrected chi connectivity index (χ1v) is 11.0. The summed E-state index contributed by atoms with van der Waals surface area (Å²) in [6.45, 7) is 1.54. The fraction of sp³-hybridized carbons (Fsp3) is 0.263. The number of nitrogens with zero attached hydrogens (tertiary/aromatic N) is 1. The van der Waals surface area contributed by atoms with Crippen LogP contribution >= 0.6 is 23.2 Å². The van der Waals surface area contributed by atoms with E-state index in [1.165, 1.54) is 51.5 Å². The molecule has 1 aliphatic rings. The highest BCUT2D eigenvalue weighted by atomic mass is 35.5. The Morgan fingerprint density at radius 3 is 2.30 bits per heavy atom. The lowest BCUT2D eigenvalue weighted by atomic mass is 10.1. The number of rotatable bonds is 5. The third kappa shape index (κ3) is 4.05. The van der Waals surface area contributed by atoms with Crippen molar-refractivity contribution in [2.24, 2.45) is 5.92 Å². The summed E-state index contributed by atoms with van der Waals surface area (Å²) in [5, 5.41) is 2.94. The average molecular weight is 473 g/mol. The molecule has 0 saturated carbocycles. The van der Waals surface area contributed by atoms with E-state index in [9.17, 15) is 18.0 Å². The van der Waals surface area contributed by atoms with Crippen molar-refractivity contribution < 1.29 is 27.5 Å². The van der Waals surface area contributed by atoms with Crippen LogP contribution in [0.15, 0.2) is 30.3 Å². The molecule has 30 heavy (non-hydrogen) atoms. The first-order valence-electron chi connectivity index (χ1n) is 8.68. The average Bonchev–Trinajstić information content (AvgIpc) is 2.89. The normalized spacial score (nSPS) is 17.7. The molecule has 0 radical (unpaired) electrons. The minimum atomic E-state index is -3.78. The molecule has 0 bridgehead atoms. The SMILES string of the molecule is COc1cc(NC(=O)c2ccc(N3C(=O)C(C)CS3(=O)=O)cc2Cl)c(OC)cc1Cl. The van der Waals surface area contributed by atoms with Crippen LogP contribution in [0.1, 0.15) is 17.3 Å². The number of nitrogens with one attached hydrogen (secondary N) is 1. The van der Waals surface area contributed by atoms with Gasteiger partial charge < -0.3 is 14.8 Å². The molecule has 2 aromatic carbocycles. The minimum Gasteiger partial charge on any atom is -0.495 e. The Bertz CT molecular complexity index is 1140. The molecule has 1 N–H and O–H groups in total. The van der Waals surface area contributed by atoms with Crippen LogP contribution in [0.4, 0.5) is 11.4 Å². The van der Waals surface area contributed by atoms with Gasteiger partial charge in [-0.1, -0.05) is 30.1 Å². The Labute approximate surface area is 183 Å². The molecule has 1 heterocycles. The summed E-state index contributed by atoms with van der Waals surface area (Å²) in [6, 6.07) is 6.96. The summed E-state index contributed by atoms with van der Waals surface area (Å²) in [5.41, 5.74) is 0.458. The summed E-state index contributed by atoms with van der Waals surface area (Å²) in [6.07, 6.45) is 0. The van der Waals surface area contributed by atoms with Crippen molar-refractivity contribution in [3.8, 4) is 11.5 Å². The fourth-order valence-electron chi connectivity index (χ4n) is 3.05. The van der Waals surface area contributed by atoms with E-state index in [0.717, 1.165) is 4.31 Å². The van der Waals surface area contributed by atoms with Crippen LogP contribution in [0, 0.1) is 5.92 Å². The van der Waals surface area contributed by atoms with E-state index in [2.05, 4.69) is 5.32 Å². The smallest absolute Gasteiger partial charge is 0.257 e. The van der Waals surface area contributed by atoms with Gasteiger partial charge in [0.05, 0.1) is 52.9 Å². The topological polar surface area (TPSA) is 102 Å². The second-order valence-electron chi connectivity index (χ2n) is 6.59. The van der Waals surface area contributed by atoms with E-state index in [0.29, 0.717) is 22.2 Å². The Hall–Kier alpha value is -2.49. The minimum absolute atomic E-state index is 0.0209. The maximum Gasteiger partial charge on any atom is 0.257 e. The number of amides is 2. The Morgan fingerprint density at radius 2 is 1.77 bits per heavy atom. The van der Waals surface area contributed by atoms with E-state index < -0.39 is 27.8 Å². The summed E-state index contributed by atoms with van der Waals surface area (Å²) < 4.78 is 35.6. The summed E-state index contributed by atoms with van der Waals surface area (Å²) in [4.78, 5) is 25.0. The van der Waals surface area contributed by atoms with Gasteiger partial charge >= 0.3 is 0 Å². The van der Waals surface area contributed by atoms with Gasteiger partial charge in [-0.15, -0.1) is 0 Å². The van der Waals surface area contributed by atoms with Gasteiger partial charge in [0.15, 0.2) is 0 Å². The molecule has 1 unspecified atom stereocenters. The van der Waals surface area contributed by atoms with Crippen molar-refractivity contribution in [3.63, 3.8) is 0 Å². The molecule has 11 heteroatoms. The Balaban J connectivity index is 1.91. The predicted molar refractivity (Wildman–Crippen MR) is 114 cm³/mol. The summed E-state index contributed by atoms with van der Waals surface area (Å²) in [5.74, 6) is -1.39. The van der Waals surface area contributed by atoms with Crippen LogP contribution in [0.2, 0.25) is 10.0 Å². The molecule has 0 aromatic heterocycles. The highest BCUT2D eigenvalue weighted by Crippen LogP contribution is 2.37. The molecule has 1 fully saturated rings. The van der Waals surface area contributed by atoms with Gasteiger partial charge in [0, 0.05) is 12.1 Å². The molecule has 160 valence electrons. The van der Waals surface area contributed by atoms with Gasteiger partial charge in [-0.3, -0.25) is 9.59 Å². The standard InChI is InChI=1S/C19H18Cl2N2O6S/c1-10-9-30(26,27)23(19(10)25)11-4-5-12(13(20)6-11)18(24)22-15-8-16(28-2)14(21)7-17(15)29-3/h4-8,10H,9H2,1-3H3,(H,22,24). The van der Waals surface area contributed by atoms with Gasteiger partial charge in [0.2, 0.25) is 15.9 Å². The number of sulfonamides is 1. The highest BCUT2D eigenvalue weighted by Gasteiger charge is 2.42. The van der Waals surface area contributed by atoms with Crippen molar-refractivity contribution in [3.05, 3.63) is 45.9 Å². The molecule has 8 nitrogen and oxygen atoms in total. The number of methoxy groups -OCH3 is 2. The zero-order valence-corrected chi connectivity index (χ0v) is 18.6. The molecule has 3 rings (SSSR count). The first-order chi connectivity index (χ1) is 14.1. The molecule has 0 spiro atoms. The molecule has 2 aromatic rings. The van der Waals surface area contributed by atoms with Crippen LogP contribution in [0.5, 0.6) is 11.5 Å². The number of carbonyl (C=O) groups excluding carboxylic acids is 2. The van der Waals surface area contributed by atoms with Crippen LogP contribution in [0.25, 0.3) is 0 Å². The van der Waals surface area contributed by atoms with E-state index in [1.54, 1.807) is 0 Å². The van der Waals surface area contributed by atoms with Crippen LogP contribution < -0.4 is 19.1 Å². The predicted octanol–water partition coefficient (Wildman–Crippen LogP) is 3.58. The lowest BCUT2D eigenvalue weighted by Gasteiger charge is -2.17. The lowest BCUT2D eigenvalue weighted by molar-refractivity contribution is -0.119. The molecule has 1 saturated heterocycles. The monoisotopic (exact) mass is 472 g/mol. The van der Waals surface area contributed by atoms with E-state index >= 15 is 0 Å². The maximum atomic E-state index is 12.7. The van der Waals surface area contributed by atoms with Crippen molar-refractivity contribution >= 4 is 56.4 Å². The number of halogens is 2. The fourth-order valence-corrected chi connectivity index (χ4v) is 5.35. The number of hydrogen-bond acceptors (Lipinski definition) is 6. The van der Waals surface area contributed by atoms with Gasteiger partial charge in [0.25, 0.3) is 5.91 Å². The number of hydrogen-bond donors (Lipinski definition) is 1. The van der Waals surface area contributed by atoms with Crippen LogP contribution in [-0.4, -0.2) is 40.2 Å². The van der Waals surface area contributed by atoms with Crippen LogP contribution in [0.3, 0.4) is 0 Å². The van der Waals surface area contributed by atoms with E-state index in [-0.39, 0.29) is 22.0 Å². The number of carbonyl (C=O) groups is 2. The van der Waals surface area contributed by atoms with Gasteiger partial charge in [-0.25, -0.2) is 12.7 Å². The zero-order valence-electron chi connectivity index (χ0n) is 16.2. The second kappa shape index (κ2) is 8.33. The number of anilines is 2. The lowest BCUT2D eigenvalue weighted by Crippen LogP contribution is -2.30. The van der Waals surface area contributed by atoms with Crippen molar-refractivity contribution in [2.75, 3.05) is 29.6 Å². The second-order valence-corrected chi connectivity index (χ2v) is 9.26. The van der Waals surface area contributed by atoms with Gasteiger partial charge in [-0.05, 0) is 18.2 Å². The Kier molecular flexibility index (Phi) is 6.16. The van der Waals surface area contributed by atoms with Crippen LogP contribution in [-0.2, 0) is 14.8 Å². The largest absolute Gasteiger partial charge is 0.495 e. The third-order valence-corrected chi connectivity index (χ3v) is 6.99. The molecule has 1 aliphatic heterocycles. The molecule has 2 amide bonds. The van der Waals surface area contributed by atoms with Crippen molar-refractivity contribution in [1.82, 2.24) is 0 Å². The van der Waals surface area contributed by atoms with Crippen molar-refractivity contribution in [2.45, 2.75) is 6.92 Å². The Morgan fingerprint density at radius 1 is 1.10 bits per heavy atom. The molecule has 1 atom stereocenters. The quantitative estimate of drug-likeness (QED) is 0.713. The highest BCUT2D eigenvalue weighted by molar-refractivity contribution is 7.94. The molecular formula is C19H18Cl2N2O6S. The van der Waals surface area contributed by atoms with E-state index in [1.807, 2.05) is 0 Å². The maximum absolute atomic E-state index is 12.7. The summed E-state index contributed by atoms with van der Waals surface area (Å²) >= 11 is 12.3. The molecular weight excluding hydrogens is 455 g/mol. The number of benzene rings is 2. The third-order valence-electron chi connectivity index (χ3n) is 4.51. The first kappa shape index (κ1) is 22.2. The molecule has 0 aliphatic carbocycles. The van der Waals surface area contributed by atoms with Gasteiger partial charge in [0.1, 0.15) is 11.5 Å². The number of ether oxygens (including phenoxy) is 2.